The third-order valence-corrected chi connectivity index (χ3v) is 6.51. The number of allylic oxidation sites excluding steroid dienone is 2. The second-order valence-corrected chi connectivity index (χ2v) is 8.74. The van der Waals surface area contributed by atoms with E-state index in [4.69, 9.17) is 14.2 Å². The molecule has 2 aliphatic rings. The van der Waals surface area contributed by atoms with Crippen molar-refractivity contribution >= 4 is 29.5 Å². The van der Waals surface area contributed by atoms with Gasteiger partial charge in [0.25, 0.3) is 5.56 Å². The Kier molecular flexibility index (Phi) is 5.90. The highest BCUT2D eigenvalue weighted by Crippen LogP contribution is 2.32. The molecule has 172 valence electrons. The Balaban J connectivity index is 1.63. The fourth-order valence-electron chi connectivity index (χ4n) is 3.94. The first-order chi connectivity index (χ1) is 16.5. The van der Waals surface area contributed by atoms with Crippen LogP contribution in [0.3, 0.4) is 0 Å². The van der Waals surface area contributed by atoms with E-state index in [0.29, 0.717) is 32.1 Å². The van der Waals surface area contributed by atoms with Crippen LogP contribution < -0.4 is 24.4 Å². The molecule has 1 atom stereocenters. The van der Waals surface area contributed by atoms with Gasteiger partial charge in [-0.1, -0.05) is 59.9 Å². The maximum Gasteiger partial charge on any atom is 0.338 e. The molecular weight excluding hydrogens is 452 g/mol. The lowest BCUT2D eigenvalue weighted by Crippen LogP contribution is -2.38. The molecule has 3 aromatic rings. The molecule has 0 N–H and O–H groups in total. The van der Waals surface area contributed by atoms with Crippen LogP contribution in [0.4, 0.5) is 0 Å². The highest BCUT2D eigenvalue weighted by atomic mass is 32.1. The lowest BCUT2D eigenvalue weighted by Gasteiger charge is -2.21. The van der Waals surface area contributed by atoms with Gasteiger partial charge in [0, 0.05) is 0 Å². The van der Waals surface area contributed by atoms with Crippen LogP contribution in [0.25, 0.3) is 12.2 Å². The Morgan fingerprint density at radius 3 is 2.76 bits per heavy atom. The lowest BCUT2D eigenvalue weighted by molar-refractivity contribution is -0.139. The van der Waals surface area contributed by atoms with E-state index in [1.54, 1.807) is 24.5 Å². The van der Waals surface area contributed by atoms with E-state index in [-0.39, 0.29) is 19.0 Å². The van der Waals surface area contributed by atoms with Crippen molar-refractivity contribution in [3.63, 3.8) is 0 Å². The van der Waals surface area contributed by atoms with Gasteiger partial charge in [-0.2, -0.15) is 0 Å². The number of hydrogen-bond acceptors (Lipinski definition) is 7. The predicted molar refractivity (Wildman–Crippen MR) is 129 cm³/mol. The highest BCUT2D eigenvalue weighted by molar-refractivity contribution is 7.07. The van der Waals surface area contributed by atoms with Gasteiger partial charge in [0.2, 0.25) is 6.79 Å². The molecule has 0 saturated carbocycles. The van der Waals surface area contributed by atoms with Crippen LogP contribution in [-0.4, -0.2) is 23.9 Å². The van der Waals surface area contributed by atoms with E-state index < -0.39 is 12.0 Å². The van der Waals surface area contributed by atoms with Gasteiger partial charge < -0.3 is 14.2 Å². The molecule has 8 heteroatoms. The molecule has 0 bridgehead atoms. The van der Waals surface area contributed by atoms with Gasteiger partial charge in [-0.25, -0.2) is 9.79 Å². The van der Waals surface area contributed by atoms with E-state index >= 15 is 0 Å². The molecule has 0 spiro atoms. The second-order valence-electron chi connectivity index (χ2n) is 7.73. The molecule has 0 amide bonds. The van der Waals surface area contributed by atoms with Gasteiger partial charge in [0.1, 0.15) is 0 Å². The summed E-state index contributed by atoms with van der Waals surface area (Å²) in [6.07, 6.45) is 5.55. The molecule has 0 radical (unpaired) electrons. The molecular formula is C26H22N2O5S. The molecule has 3 heterocycles. The van der Waals surface area contributed by atoms with Crippen molar-refractivity contribution in [1.82, 2.24) is 4.57 Å². The summed E-state index contributed by atoms with van der Waals surface area (Å²) in [5.74, 6) is 0.849. The van der Waals surface area contributed by atoms with Crippen LogP contribution in [0.1, 0.15) is 31.0 Å². The minimum Gasteiger partial charge on any atom is -0.463 e. The summed E-state index contributed by atoms with van der Waals surface area (Å²) >= 11 is 1.28. The number of carbonyl (C=O) groups excluding carboxylic acids is 1. The number of aromatic nitrogens is 1. The van der Waals surface area contributed by atoms with Gasteiger partial charge in [-0.3, -0.25) is 9.36 Å². The van der Waals surface area contributed by atoms with Crippen molar-refractivity contribution in [3.05, 3.63) is 96.7 Å². The van der Waals surface area contributed by atoms with Crippen molar-refractivity contribution in [3.8, 4) is 11.5 Å². The molecule has 1 aromatic heterocycles. The summed E-state index contributed by atoms with van der Waals surface area (Å²) in [5.41, 5.74) is 2.45. The molecule has 2 aliphatic heterocycles. The molecule has 34 heavy (non-hydrogen) atoms. The predicted octanol–water partition coefficient (Wildman–Crippen LogP) is 3.19. The minimum atomic E-state index is -0.630. The monoisotopic (exact) mass is 474 g/mol. The maximum atomic E-state index is 13.5. The van der Waals surface area contributed by atoms with Crippen LogP contribution in [0.5, 0.6) is 11.5 Å². The van der Waals surface area contributed by atoms with Crippen molar-refractivity contribution in [2.45, 2.75) is 19.9 Å². The molecule has 0 unspecified atom stereocenters. The SMILES string of the molecule is CCOC(=O)C1=C(C)N=c2sc(=Cc3ccc4c(c3)OCO4)c(=O)n2[C@H]1/C=C\c1ccccc1. The Morgan fingerprint density at radius 2 is 1.97 bits per heavy atom. The number of nitrogens with zero attached hydrogens (tertiary/aromatic N) is 2. The number of esters is 1. The van der Waals surface area contributed by atoms with E-state index in [2.05, 4.69) is 4.99 Å². The van der Waals surface area contributed by atoms with E-state index in [1.807, 2.05) is 60.7 Å². The number of rotatable bonds is 5. The van der Waals surface area contributed by atoms with Gasteiger partial charge in [-0.15, -0.1) is 0 Å². The van der Waals surface area contributed by atoms with Crippen molar-refractivity contribution < 1.29 is 19.0 Å². The first kappa shape index (κ1) is 21.9. The van der Waals surface area contributed by atoms with E-state index in [0.717, 1.165) is 11.1 Å². The van der Waals surface area contributed by atoms with Crippen LogP contribution in [0.2, 0.25) is 0 Å². The average Bonchev–Trinajstić information content (AvgIpc) is 3.42. The number of ether oxygens (including phenoxy) is 3. The largest absolute Gasteiger partial charge is 0.463 e. The van der Waals surface area contributed by atoms with Crippen molar-refractivity contribution in [2.75, 3.05) is 13.4 Å². The van der Waals surface area contributed by atoms with E-state index in [9.17, 15) is 9.59 Å². The zero-order valence-corrected chi connectivity index (χ0v) is 19.5. The molecule has 0 fully saturated rings. The van der Waals surface area contributed by atoms with Crippen molar-refractivity contribution in [1.29, 1.82) is 0 Å². The third-order valence-electron chi connectivity index (χ3n) is 5.52. The number of benzene rings is 2. The van der Waals surface area contributed by atoms with Crippen LogP contribution >= 0.6 is 11.3 Å². The molecule has 7 nitrogen and oxygen atoms in total. The van der Waals surface area contributed by atoms with Gasteiger partial charge in [0.15, 0.2) is 16.3 Å². The summed E-state index contributed by atoms with van der Waals surface area (Å²) in [6, 6.07) is 14.6. The summed E-state index contributed by atoms with van der Waals surface area (Å²) < 4.78 is 18.2. The van der Waals surface area contributed by atoms with Crippen LogP contribution in [-0.2, 0) is 9.53 Å². The van der Waals surface area contributed by atoms with E-state index in [1.165, 1.54) is 11.3 Å². The van der Waals surface area contributed by atoms with Crippen LogP contribution in [0.15, 0.2) is 75.7 Å². The highest BCUT2D eigenvalue weighted by Gasteiger charge is 2.30. The Labute approximate surface area is 199 Å². The zero-order chi connectivity index (χ0) is 23.7. The van der Waals surface area contributed by atoms with Crippen molar-refractivity contribution in [2.24, 2.45) is 4.99 Å². The summed E-state index contributed by atoms with van der Waals surface area (Å²) in [6.45, 7) is 3.94. The maximum absolute atomic E-state index is 13.5. The fraction of sp³-hybridized carbons (Fsp3) is 0.192. The number of thiazole rings is 1. The van der Waals surface area contributed by atoms with Gasteiger partial charge >= 0.3 is 5.97 Å². The van der Waals surface area contributed by atoms with Crippen LogP contribution in [0, 0.1) is 0 Å². The standard InChI is InChI=1S/C26H22N2O5S/c1-3-31-25(30)23-16(2)27-26-28(19(23)11-9-17-7-5-4-6-8-17)24(29)22(34-26)14-18-10-12-20-21(13-18)33-15-32-20/h4-14,19H,3,15H2,1-2H3/b11-9-,22-14?/t19-/m0/s1. The molecule has 0 saturated heterocycles. The number of hydrogen-bond donors (Lipinski definition) is 0. The summed E-state index contributed by atoms with van der Waals surface area (Å²) in [7, 11) is 0. The average molecular weight is 475 g/mol. The minimum absolute atomic E-state index is 0.185. The van der Waals surface area contributed by atoms with Gasteiger partial charge in [-0.05, 0) is 43.2 Å². The number of fused-ring (bicyclic) bond motifs is 2. The lowest BCUT2D eigenvalue weighted by atomic mass is 10.0. The Morgan fingerprint density at radius 1 is 1.18 bits per heavy atom. The topological polar surface area (TPSA) is 79.1 Å². The Bertz CT molecular complexity index is 1500. The summed E-state index contributed by atoms with van der Waals surface area (Å²) in [5, 5.41) is 0. The molecule has 2 aromatic carbocycles. The second kappa shape index (κ2) is 9.15. The zero-order valence-electron chi connectivity index (χ0n) is 18.7. The molecule has 5 rings (SSSR count). The third kappa shape index (κ3) is 4.08. The fourth-order valence-corrected chi connectivity index (χ4v) is 4.99. The van der Waals surface area contributed by atoms with Gasteiger partial charge in [0.05, 0.1) is 28.5 Å². The smallest absolute Gasteiger partial charge is 0.338 e. The first-order valence-corrected chi connectivity index (χ1v) is 11.7. The molecule has 0 aliphatic carbocycles. The number of carbonyl (C=O) groups is 1. The first-order valence-electron chi connectivity index (χ1n) is 10.9. The normalized spacial score (nSPS) is 17.1. The quantitative estimate of drug-likeness (QED) is 0.531. The Hall–Kier alpha value is -3.91. The summed E-state index contributed by atoms with van der Waals surface area (Å²) in [4.78, 5) is 31.5.